The average molecular weight is 254 g/mol. The van der Waals surface area contributed by atoms with Crippen LogP contribution in [0.3, 0.4) is 0 Å². The molecule has 2 heteroatoms. The molecule has 1 heterocycles. The van der Waals surface area contributed by atoms with Gasteiger partial charge >= 0.3 is 0 Å². The molecule has 0 N–H and O–H groups in total. The third kappa shape index (κ3) is 2.07. The number of hydrogen-bond acceptors (Lipinski definition) is 2. The third-order valence-corrected chi connectivity index (χ3v) is 3.64. The smallest absolute Gasteiger partial charge is 0.131 e. The number of ether oxygens (including phenoxy) is 2. The van der Waals surface area contributed by atoms with Crippen LogP contribution in [0.15, 0.2) is 36.4 Å². The van der Waals surface area contributed by atoms with Crippen molar-refractivity contribution in [1.29, 1.82) is 0 Å². The standard InChI is InChI=1S/C17H18O2/c1-11-6-4-5-7-15(11)16-10-14(18-3)9-13-8-12(2)19-17(13)16/h4-7,9-10,12H,8H2,1-3H3. The molecule has 98 valence electrons. The van der Waals surface area contributed by atoms with Crippen molar-refractivity contribution in [2.75, 3.05) is 7.11 Å². The molecule has 1 atom stereocenters. The number of fused-ring (bicyclic) bond motifs is 1. The molecule has 3 rings (SSSR count). The van der Waals surface area contributed by atoms with Gasteiger partial charge in [0.2, 0.25) is 0 Å². The summed E-state index contributed by atoms with van der Waals surface area (Å²) >= 11 is 0. The predicted molar refractivity (Wildman–Crippen MR) is 77.0 cm³/mol. The Morgan fingerprint density at radius 2 is 1.95 bits per heavy atom. The molecule has 2 nitrogen and oxygen atoms in total. The van der Waals surface area contributed by atoms with Gasteiger partial charge in [-0.25, -0.2) is 0 Å². The van der Waals surface area contributed by atoms with E-state index in [0.717, 1.165) is 23.5 Å². The number of methoxy groups -OCH3 is 1. The summed E-state index contributed by atoms with van der Waals surface area (Å²) in [5.74, 6) is 1.91. The molecule has 0 aliphatic carbocycles. The van der Waals surface area contributed by atoms with Gasteiger partial charge < -0.3 is 9.47 Å². The van der Waals surface area contributed by atoms with Gasteiger partial charge in [0.1, 0.15) is 17.6 Å². The molecule has 0 saturated carbocycles. The van der Waals surface area contributed by atoms with Crippen LogP contribution < -0.4 is 9.47 Å². The summed E-state index contributed by atoms with van der Waals surface area (Å²) in [6, 6.07) is 12.5. The van der Waals surface area contributed by atoms with Gasteiger partial charge in [-0.1, -0.05) is 24.3 Å². The lowest BCUT2D eigenvalue weighted by Crippen LogP contribution is -2.05. The van der Waals surface area contributed by atoms with Crippen LogP contribution in [0.25, 0.3) is 11.1 Å². The van der Waals surface area contributed by atoms with E-state index in [9.17, 15) is 0 Å². The van der Waals surface area contributed by atoms with Crippen LogP contribution in [0, 0.1) is 6.92 Å². The molecule has 2 aromatic rings. The van der Waals surface area contributed by atoms with Gasteiger partial charge in [-0.15, -0.1) is 0 Å². The highest BCUT2D eigenvalue weighted by atomic mass is 16.5. The minimum Gasteiger partial charge on any atom is -0.497 e. The zero-order valence-electron chi connectivity index (χ0n) is 11.6. The second-order valence-electron chi connectivity index (χ2n) is 5.11. The fourth-order valence-electron chi connectivity index (χ4n) is 2.70. The molecule has 0 saturated heterocycles. The van der Waals surface area contributed by atoms with Crippen LogP contribution in [0.5, 0.6) is 11.5 Å². The lowest BCUT2D eigenvalue weighted by atomic mass is 9.97. The number of aryl methyl sites for hydroxylation is 1. The highest BCUT2D eigenvalue weighted by molar-refractivity contribution is 5.77. The Bertz CT molecular complexity index is 617. The summed E-state index contributed by atoms with van der Waals surface area (Å²) in [7, 11) is 1.71. The Morgan fingerprint density at radius 1 is 1.16 bits per heavy atom. The van der Waals surface area contributed by atoms with Crippen molar-refractivity contribution in [3.8, 4) is 22.6 Å². The molecule has 0 radical (unpaired) electrons. The zero-order chi connectivity index (χ0) is 13.4. The summed E-state index contributed by atoms with van der Waals surface area (Å²) in [4.78, 5) is 0. The van der Waals surface area contributed by atoms with Crippen molar-refractivity contribution in [3.63, 3.8) is 0 Å². The lowest BCUT2D eigenvalue weighted by Gasteiger charge is -2.13. The first-order valence-corrected chi connectivity index (χ1v) is 6.62. The second-order valence-corrected chi connectivity index (χ2v) is 5.11. The van der Waals surface area contributed by atoms with Gasteiger partial charge in [-0.3, -0.25) is 0 Å². The van der Waals surface area contributed by atoms with Crippen molar-refractivity contribution < 1.29 is 9.47 Å². The van der Waals surface area contributed by atoms with Crippen molar-refractivity contribution >= 4 is 0 Å². The van der Waals surface area contributed by atoms with E-state index < -0.39 is 0 Å². The Morgan fingerprint density at radius 3 is 2.68 bits per heavy atom. The monoisotopic (exact) mass is 254 g/mol. The van der Waals surface area contributed by atoms with E-state index in [0.29, 0.717) is 0 Å². The van der Waals surface area contributed by atoms with Gasteiger partial charge in [0.15, 0.2) is 0 Å². The van der Waals surface area contributed by atoms with Gasteiger partial charge in [0, 0.05) is 17.5 Å². The van der Waals surface area contributed by atoms with E-state index in [-0.39, 0.29) is 6.10 Å². The first-order chi connectivity index (χ1) is 9.19. The normalized spacial score (nSPS) is 16.9. The Balaban J connectivity index is 2.21. The molecule has 19 heavy (non-hydrogen) atoms. The maximum Gasteiger partial charge on any atom is 0.131 e. The highest BCUT2D eigenvalue weighted by Gasteiger charge is 2.24. The Hall–Kier alpha value is -1.96. The molecule has 1 unspecified atom stereocenters. The lowest BCUT2D eigenvalue weighted by molar-refractivity contribution is 0.255. The van der Waals surface area contributed by atoms with Gasteiger partial charge in [-0.2, -0.15) is 0 Å². The molecule has 1 aliphatic rings. The van der Waals surface area contributed by atoms with Crippen LogP contribution in [0.2, 0.25) is 0 Å². The fraction of sp³-hybridized carbons (Fsp3) is 0.294. The van der Waals surface area contributed by atoms with Crippen LogP contribution in [-0.4, -0.2) is 13.2 Å². The molecule has 1 aliphatic heterocycles. The van der Waals surface area contributed by atoms with E-state index >= 15 is 0 Å². The van der Waals surface area contributed by atoms with E-state index in [1.807, 2.05) is 0 Å². The van der Waals surface area contributed by atoms with Crippen LogP contribution in [-0.2, 0) is 6.42 Å². The van der Waals surface area contributed by atoms with Gasteiger partial charge in [0.05, 0.1) is 7.11 Å². The van der Waals surface area contributed by atoms with E-state index in [4.69, 9.17) is 9.47 Å². The maximum absolute atomic E-state index is 5.99. The molecule has 0 aromatic heterocycles. The quantitative estimate of drug-likeness (QED) is 0.806. The molecule has 0 amide bonds. The van der Waals surface area contributed by atoms with Crippen molar-refractivity contribution in [2.45, 2.75) is 26.4 Å². The van der Waals surface area contributed by atoms with E-state index in [1.165, 1.54) is 16.7 Å². The van der Waals surface area contributed by atoms with Crippen LogP contribution >= 0.6 is 0 Å². The second kappa shape index (κ2) is 4.61. The zero-order valence-corrected chi connectivity index (χ0v) is 11.6. The molecule has 0 bridgehead atoms. The number of rotatable bonds is 2. The summed E-state index contributed by atoms with van der Waals surface area (Å²) in [6.45, 7) is 4.23. The highest BCUT2D eigenvalue weighted by Crippen LogP contribution is 2.42. The first-order valence-electron chi connectivity index (χ1n) is 6.62. The van der Waals surface area contributed by atoms with Crippen molar-refractivity contribution in [1.82, 2.24) is 0 Å². The molecule has 0 spiro atoms. The van der Waals surface area contributed by atoms with E-state index in [1.54, 1.807) is 7.11 Å². The molecular weight excluding hydrogens is 236 g/mol. The minimum atomic E-state index is 0.241. The van der Waals surface area contributed by atoms with Gasteiger partial charge in [0.25, 0.3) is 0 Å². The van der Waals surface area contributed by atoms with Crippen LogP contribution in [0.1, 0.15) is 18.1 Å². The summed E-state index contributed by atoms with van der Waals surface area (Å²) < 4.78 is 11.4. The SMILES string of the molecule is COc1cc2c(c(-c3ccccc3C)c1)OC(C)C2. The van der Waals surface area contributed by atoms with E-state index in [2.05, 4.69) is 50.2 Å². The Kier molecular flexibility index (Phi) is 2.94. The largest absolute Gasteiger partial charge is 0.497 e. The maximum atomic E-state index is 5.99. The van der Waals surface area contributed by atoms with Crippen LogP contribution in [0.4, 0.5) is 0 Å². The summed E-state index contributed by atoms with van der Waals surface area (Å²) in [6.07, 6.45) is 1.19. The number of hydrogen-bond donors (Lipinski definition) is 0. The first kappa shape index (κ1) is 12.1. The van der Waals surface area contributed by atoms with Gasteiger partial charge in [-0.05, 0) is 37.1 Å². The van der Waals surface area contributed by atoms with Crippen molar-refractivity contribution in [3.05, 3.63) is 47.5 Å². The summed E-state index contributed by atoms with van der Waals surface area (Å²) in [5.41, 5.74) is 4.84. The van der Waals surface area contributed by atoms with Crippen molar-refractivity contribution in [2.24, 2.45) is 0 Å². The molecule has 2 aromatic carbocycles. The number of benzene rings is 2. The molecule has 0 fully saturated rings. The average Bonchev–Trinajstić information content (AvgIpc) is 2.78. The summed E-state index contributed by atoms with van der Waals surface area (Å²) in [5, 5.41) is 0. The molecular formula is C17H18O2. The third-order valence-electron chi connectivity index (χ3n) is 3.64. The predicted octanol–water partition coefficient (Wildman–Crippen LogP) is 3.99. The topological polar surface area (TPSA) is 18.5 Å². The Labute approximate surface area is 114 Å². The fourth-order valence-corrected chi connectivity index (χ4v) is 2.70. The minimum absolute atomic E-state index is 0.241.